The first-order chi connectivity index (χ1) is 10.2. The maximum Gasteiger partial charge on any atom is 0.340 e. The fourth-order valence-electron chi connectivity index (χ4n) is 2.27. The number of hydrogen-bond acceptors (Lipinski definition) is 5. The van der Waals surface area contributed by atoms with Crippen molar-refractivity contribution in [1.29, 1.82) is 0 Å². The molecule has 0 bridgehead atoms. The summed E-state index contributed by atoms with van der Waals surface area (Å²) in [5.41, 5.74) is 9.08. The predicted octanol–water partition coefficient (Wildman–Crippen LogP) is 1.92. The maximum atomic E-state index is 12.1. The van der Waals surface area contributed by atoms with Crippen LogP contribution >= 0.6 is 0 Å². The van der Waals surface area contributed by atoms with Crippen molar-refractivity contribution in [3.63, 3.8) is 0 Å². The van der Waals surface area contributed by atoms with Gasteiger partial charge in [-0.3, -0.25) is 9.78 Å². The predicted molar refractivity (Wildman–Crippen MR) is 74.7 cm³/mol. The number of carbonyl (C=O) groups is 2. The number of ether oxygens (including phenoxy) is 1. The first-order valence-corrected chi connectivity index (χ1v) is 6.59. The lowest BCUT2D eigenvalue weighted by molar-refractivity contribution is -0.117. The number of nitrogens with zero attached hydrogens (tertiary/aromatic N) is 5. The molecule has 1 fully saturated rings. The van der Waals surface area contributed by atoms with Gasteiger partial charge in [-0.2, -0.15) is 0 Å². The second-order valence-electron chi connectivity index (χ2n) is 4.60. The van der Waals surface area contributed by atoms with Crippen LogP contribution in [0.4, 0.5) is 5.69 Å². The highest BCUT2D eigenvalue weighted by Gasteiger charge is 2.32. The summed E-state index contributed by atoms with van der Waals surface area (Å²) >= 11 is 0. The molecule has 2 rings (SSSR count). The Balaban J connectivity index is 2.24. The van der Waals surface area contributed by atoms with Crippen molar-refractivity contribution >= 4 is 17.6 Å². The molecule has 1 saturated heterocycles. The first kappa shape index (κ1) is 14.8. The van der Waals surface area contributed by atoms with Gasteiger partial charge in [0.15, 0.2) is 0 Å². The Labute approximate surface area is 121 Å². The normalized spacial score (nSPS) is 17.5. The third kappa shape index (κ3) is 3.29. The smallest absolute Gasteiger partial charge is 0.340 e. The molecule has 2 heterocycles. The standard InChI is InChI=1S/C13H15N5O3/c1-2-21-13(20)10-3-4-15-7-11(10)18-8-9(5-12(18)19)6-16-17-14/h3-4,7,9H,2,5-6,8H2,1H3. The molecule has 0 radical (unpaired) electrons. The van der Waals surface area contributed by atoms with E-state index in [-0.39, 0.29) is 31.4 Å². The van der Waals surface area contributed by atoms with Crippen LogP contribution in [0.3, 0.4) is 0 Å². The molecule has 8 nitrogen and oxygen atoms in total. The van der Waals surface area contributed by atoms with Gasteiger partial charge < -0.3 is 9.64 Å². The van der Waals surface area contributed by atoms with E-state index >= 15 is 0 Å². The van der Waals surface area contributed by atoms with E-state index in [9.17, 15) is 9.59 Å². The molecule has 0 aliphatic carbocycles. The van der Waals surface area contributed by atoms with E-state index in [2.05, 4.69) is 15.0 Å². The van der Waals surface area contributed by atoms with Gasteiger partial charge in [0.1, 0.15) is 0 Å². The van der Waals surface area contributed by atoms with Gasteiger partial charge in [0, 0.05) is 30.6 Å². The second-order valence-corrected chi connectivity index (χ2v) is 4.60. The molecule has 0 spiro atoms. The van der Waals surface area contributed by atoms with E-state index in [1.165, 1.54) is 23.4 Å². The number of amides is 1. The molecule has 21 heavy (non-hydrogen) atoms. The van der Waals surface area contributed by atoms with Gasteiger partial charge in [0.2, 0.25) is 5.91 Å². The minimum Gasteiger partial charge on any atom is -0.462 e. The highest BCUT2D eigenvalue weighted by atomic mass is 16.5. The molecule has 1 amide bonds. The third-order valence-corrected chi connectivity index (χ3v) is 3.19. The number of carbonyl (C=O) groups excluding carboxylic acids is 2. The first-order valence-electron chi connectivity index (χ1n) is 6.59. The van der Waals surface area contributed by atoms with Crippen molar-refractivity contribution in [2.75, 3.05) is 24.6 Å². The highest BCUT2D eigenvalue weighted by molar-refractivity contribution is 6.03. The average molecular weight is 289 g/mol. The molecule has 1 aliphatic heterocycles. The summed E-state index contributed by atoms with van der Waals surface area (Å²) in [5, 5.41) is 3.50. The Hall–Kier alpha value is -2.60. The lowest BCUT2D eigenvalue weighted by atomic mass is 10.1. The van der Waals surface area contributed by atoms with Gasteiger partial charge in [-0.25, -0.2) is 4.79 Å². The SMILES string of the molecule is CCOC(=O)c1ccncc1N1CC(CN=[N+]=[N-])CC1=O. The van der Waals surface area contributed by atoms with Crippen LogP contribution < -0.4 is 4.90 Å². The molecule has 0 saturated carbocycles. The zero-order valence-corrected chi connectivity index (χ0v) is 11.6. The monoisotopic (exact) mass is 289 g/mol. The number of esters is 1. The van der Waals surface area contributed by atoms with Crippen molar-refractivity contribution in [3.8, 4) is 0 Å². The molecule has 0 N–H and O–H groups in total. The third-order valence-electron chi connectivity index (χ3n) is 3.19. The fourth-order valence-corrected chi connectivity index (χ4v) is 2.27. The molecule has 8 heteroatoms. The van der Waals surface area contributed by atoms with Gasteiger partial charge in [-0.1, -0.05) is 5.11 Å². The van der Waals surface area contributed by atoms with Crippen LogP contribution in [-0.4, -0.2) is 36.6 Å². The van der Waals surface area contributed by atoms with Gasteiger partial charge >= 0.3 is 5.97 Å². The largest absolute Gasteiger partial charge is 0.462 e. The summed E-state index contributed by atoms with van der Waals surface area (Å²) in [5.74, 6) is -0.656. The summed E-state index contributed by atoms with van der Waals surface area (Å²) in [7, 11) is 0. The quantitative estimate of drug-likeness (QED) is 0.357. The number of azide groups is 1. The zero-order chi connectivity index (χ0) is 15.2. The lowest BCUT2D eigenvalue weighted by Crippen LogP contribution is -2.27. The van der Waals surface area contributed by atoms with Crippen LogP contribution in [0.15, 0.2) is 23.6 Å². The van der Waals surface area contributed by atoms with E-state index in [1.54, 1.807) is 6.92 Å². The van der Waals surface area contributed by atoms with Crippen molar-refractivity contribution in [1.82, 2.24) is 4.98 Å². The number of aromatic nitrogens is 1. The minimum absolute atomic E-state index is 0.0522. The summed E-state index contributed by atoms with van der Waals surface area (Å²) in [4.78, 5) is 32.2. The topological polar surface area (TPSA) is 108 Å². The van der Waals surface area contributed by atoms with Crippen LogP contribution in [0.1, 0.15) is 23.7 Å². The Bertz CT molecular complexity index is 597. The van der Waals surface area contributed by atoms with Gasteiger partial charge in [-0.15, -0.1) is 0 Å². The summed E-state index contributed by atoms with van der Waals surface area (Å²) < 4.78 is 4.98. The lowest BCUT2D eigenvalue weighted by Gasteiger charge is -2.18. The van der Waals surface area contributed by atoms with E-state index in [1.807, 2.05) is 0 Å². The van der Waals surface area contributed by atoms with Crippen LogP contribution in [0, 0.1) is 5.92 Å². The summed E-state index contributed by atoms with van der Waals surface area (Å²) in [6.07, 6.45) is 3.24. The average Bonchev–Trinajstić information content (AvgIpc) is 2.86. The second kappa shape index (κ2) is 6.71. The summed E-state index contributed by atoms with van der Waals surface area (Å²) in [6.45, 7) is 2.63. The number of anilines is 1. The maximum absolute atomic E-state index is 12.1. The van der Waals surface area contributed by atoms with Gasteiger partial charge in [-0.05, 0) is 24.4 Å². The Morgan fingerprint density at radius 2 is 2.48 bits per heavy atom. The van der Waals surface area contributed by atoms with Crippen molar-refractivity contribution in [2.24, 2.45) is 11.0 Å². The Morgan fingerprint density at radius 3 is 3.19 bits per heavy atom. The van der Waals surface area contributed by atoms with E-state index in [0.29, 0.717) is 17.8 Å². The molecule has 1 aromatic rings. The Morgan fingerprint density at radius 1 is 1.67 bits per heavy atom. The number of pyridine rings is 1. The van der Waals surface area contributed by atoms with E-state index in [0.717, 1.165) is 0 Å². The molecule has 110 valence electrons. The number of hydrogen-bond donors (Lipinski definition) is 0. The number of rotatable bonds is 5. The fraction of sp³-hybridized carbons (Fsp3) is 0.462. The van der Waals surface area contributed by atoms with E-state index in [4.69, 9.17) is 10.3 Å². The van der Waals surface area contributed by atoms with Crippen molar-refractivity contribution in [3.05, 3.63) is 34.5 Å². The zero-order valence-electron chi connectivity index (χ0n) is 11.6. The molecule has 1 atom stereocenters. The Kier molecular flexibility index (Phi) is 4.73. The van der Waals surface area contributed by atoms with E-state index < -0.39 is 5.97 Å². The van der Waals surface area contributed by atoms with Crippen LogP contribution in [-0.2, 0) is 9.53 Å². The molecule has 1 aliphatic rings. The molecule has 0 aromatic carbocycles. The van der Waals surface area contributed by atoms with Crippen molar-refractivity contribution in [2.45, 2.75) is 13.3 Å². The molecule has 1 unspecified atom stereocenters. The summed E-state index contributed by atoms with van der Waals surface area (Å²) in [6, 6.07) is 1.53. The van der Waals surface area contributed by atoms with Crippen LogP contribution in [0.25, 0.3) is 10.4 Å². The van der Waals surface area contributed by atoms with Gasteiger partial charge in [0.25, 0.3) is 0 Å². The molecular formula is C13H15N5O3. The minimum atomic E-state index is -0.485. The van der Waals surface area contributed by atoms with Gasteiger partial charge in [0.05, 0.1) is 24.1 Å². The van der Waals surface area contributed by atoms with Crippen molar-refractivity contribution < 1.29 is 14.3 Å². The molecular weight excluding hydrogens is 274 g/mol. The van der Waals surface area contributed by atoms with Crippen LogP contribution in [0.5, 0.6) is 0 Å². The molecule has 1 aromatic heterocycles. The van der Waals surface area contributed by atoms with Crippen LogP contribution in [0.2, 0.25) is 0 Å². The highest BCUT2D eigenvalue weighted by Crippen LogP contribution is 2.28.